The van der Waals surface area contributed by atoms with Crippen LogP contribution in [0.4, 0.5) is 5.69 Å². The Bertz CT molecular complexity index is 454. The molecule has 2 amide bonds. The first-order valence-corrected chi connectivity index (χ1v) is 5.42. The number of imide groups is 1. The first kappa shape index (κ1) is 11.6. The predicted molar refractivity (Wildman–Crippen MR) is 60.6 cm³/mol. The number of phenolic OH excluding ortho intramolecular Hbond substituents is 1. The van der Waals surface area contributed by atoms with Gasteiger partial charge in [0.15, 0.2) is 0 Å². The van der Waals surface area contributed by atoms with Crippen molar-refractivity contribution in [1.82, 2.24) is 0 Å². The van der Waals surface area contributed by atoms with E-state index in [2.05, 4.69) is 0 Å². The average Bonchev–Trinajstić information content (AvgIpc) is 2.61. The fourth-order valence-electron chi connectivity index (χ4n) is 1.98. The number of para-hydroxylation sites is 1. The minimum Gasteiger partial charge on any atom is -0.506 e. The largest absolute Gasteiger partial charge is 0.506 e. The fourth-order valence-corrected chi connectivity index (χ4v) is 1.98. The van der Waals surface area contributed by atoms with Crippen LogP contribution >= 0.6 is 0 Å². The topological polar surface area (TPSA) is 77.8 Å². The highest BCUT2D eigenvalue weighted by atomic mass is 16.3. The number of aromatic hydroxyl groups is 1. The Hall–Kier alpha value is -1.88. The number of amides is 2. The van der Waals surface area contributed by atoms with Crippen LogP contribution in [0.1, 0.15) is 18.4 Å². The molecule has 0 bridgehead atoms. The minimum absolute atomic E-state index is 0.104. The van der Waals surface area contributed by atoms with Crippen LogP contribution in [0.15, 0.2) is 18.2 Å². The molecule has 90 valence electrons. The van der Waals surface area contributed by atoms with E-state index in [0.29, 0.717) is 12.0 Å². The molecule has 1 aliphatic rings. The third-order valence-electron chi connectivity index (χ3n) is 2.75. The second-order valence-electron chi connectivity index (χ2n) is 3.88. The summed E-state index contributed by atoms with van der Waals surface area (Å²) < 4.78 is 0. The van der Waals surface area contributed by atoms with Gasteiger partial charge < -0.3 is 10.2 Å². The minimum atomic E-state index is -0.310. The van der Waals surface area contributed by atoms with Crippen LogP contribution in [0.5, 0.6) is 5.75 Å². The Morgan fingerprint density at radius 2 is 1.82 bits per heavy atom. The van der Waals surface area contributed by atoms with Crippen LogP contribution in [0.25, 0.3) is 0 Å². The average molecular weight is 235 g/mol. The van der Waals surface area contributed by atoms with Gasteiger partial charge in [-0.15, -0.1) is 0 Å². The maximum absolute atomic E-state index is 11.6. The highest BCUT2D eigenvalue weighted by Gasteiger charge is 2.33. The molecular formula is C12H13NO4. The van der Waals surface area contributed by atoms with Crippen molar-refractivity contribution >= 4 is 17.5 Å². The molecule has 0 unspecified atom stereocenters. The van der Waals surface area contributed by atoms with Gasteiger partial charge >= 0.3 is 0 Å². The number of aliphatic hydroxyl groups is 1. The Morgan fingerprint density at radius 3 is 2.41 bits per heavy atom. The van der Waals surface area contributed by atoms with Crippen molar-refractivity contribution in [3.8, 4) is 5.75 Å². The summed E-state index contributed by atoms with van der Waals surface area (Å²) in [4.78, 5) is 24.3. The van der Waals surface area contributed by atoms with Crippen molar-refractivity contribution in [2.45, 2.75) is 19.3 Å². The van der Waals surface area contributed by atoms with E-state index in [0.717, 1.165) is 4.90 Å². The van der Waals surface area contributed by atoms with E-state index >= 15 is 0 Å². The van der Waals surface area contributed by atoms with E-state index in [1.165, 1.54) is 6.07 Å². The molecule has 1 saturated heterocycles. The number of phenols is 1. The Kier molecular flexibility index (Phi) is 3.10. The number of rotatable bonds is 3. The quantitative estimate of drug-likeness (QED) is 0.751. The molecule has 1 aromatic rings. The lowest BCUT2D eigenvalue weighted by molar-refractivity contribution is -0.121. The smallest absolute Gasteiger partial charge is 0.234 e. The van der Waals surface area contributed by atoms with Gasteiger partial charge in [0.25, 0.3) is 0 Å². The van der Waals surface area contributed by atoms with E-state index in [-0.39, 0.29) is 42.7 Å². The first-order valence-electron chi connectivity index (χ1n) is 5.42. The summed E-state index contributed by atoms with van der Waals surface area (Å²) in [6, 6.07) is 4.73. The lowest BCUT2D eigenvalue weighted by atomic mass is 10.1. The number of benzene rings is 1. The summed E-state index contributed by atoms with van der Waals surface area (Å²) >= 11 is 0. The third kappa shape index (κ3) is 2.01. The molecule has 2 rings (SSSR count). The molecule has 17 heavy (non-hydrogen) atoms. The highest BCUT2D eigenvalue weighted by Crippen LogP contribution is 2.34. The van der Waals surface area contributed by atoms with E-state index in [4.69, 9.17) is 5.11 Å². The van der Waals surface area contributed by atoms with Crippen molar-refractivity contribution in [3.05, 3.63) is 23.8 Å². The van der Waals surface area contributed by atoms with Gasteiger partial charge in [-0.3, -0.25) is 9.59 Å². The molecule has 0 spiro atoms. The van der Waals surface area contributed by atoms with E-state index in [9.17, 15) is 14.7 Å². The molecular weight excluding hydrogens is 222 g/mol. The molecule has 2 N–H and O–H groups in total. The lowest BCUT2D eigenvalue weighted by Crippen LogP contribution is -2.29. The third-order valence-corrected chi connectivity index (χ3v) is 2.75. The number of carbonyl (C=O) groups excluding carboxylic acids is 2. The van der Waals surface area contributed by atoms with Crippen LogP contribution in [-0.4, -0.2) is 28.6 Å². The van der Waals surface area contributed by atoms with Crippen molar-refractivity contribution in [1.29, 1.82) is 0 Å². The summed E-state index contributed by atoms with van der Waals surface area (Å²) in [7, 11) is 0. The van der Waals surface area contributed by atoms with Crippen LogP contribution in [0.2, 0.25) is 0 Å². The molecule has 0 radical (unpaired) electrons. The number of nitrogens with zero attached hydrogens (tertiary/aromatic N) is 1. The molecule has 1 aliphatic heterocycles. The maximum Gasteiger partial charge on any atom is 0.234 e. The van der Waals surface area contributed by atoms with Crippen molar-refractivity contribution in [2.24, 2.45) is 0 Å². The Morgan fingerprint density at radius 1 is 1.18 bits per heavy atom. The van der Waals surface area contributed by atoms with Crippen LogP contribution in [-0.2, 0) is 16.0 Å². The second-order valence-corrected chi connectivity index (χ2v) is 3.88. The molecule has 1 fully saturated rings. The normalized spacial score (nSPS) is 15.7. The zero-order chi connectivity index (χ0) is 12.4. The fraction of sp³-hybridized carbons (Fsp3) is 0.333. The van der Waals surface area contributed by atoms with Crippen LogP contribution < -0.4 is 4.90 Å². The monoisotopic (exact) mass is 235 g/mol. The highest BCUT2D eigenvalue weighted by molar-refractivity contribution is 6.20. The van der Waals surface area contributed by atoms with E-state index in [1.807, 2.05) is 0 Å². The standard InChI is InChI=1S/C12H13NO4/c14-7-6-8-2-1-3-9(15)12(8)13-10(16)4-5-11(13)17/h1-3,14-15H,4-7H2. The summed E-state index contributed by atoms with van der Waals surface area (Å²) in [5, 5.41) is 18.7. The second kappa shape index (κ2) is 4.55. The molecule has 1 aromatic carbocycles. The van der Waals surface area contributed by atoms with Gasteiger partial charge in [0.05, 0.1) is 5.69 Å². The van der Waals surface area contributed by atoms with Gasteiger partial charge in [-0.2, -0.15) is 0 Å². The molecule has 5 heteroatoms. The lowest BCUT2D eigenvalue weighted by Gasteiger charge is -2.19. The zero-order valence-electron chi connectivity index (χ0n) is 9.22. The van der Waals surface area contributed by atoms with Gasteiger partial charge in [-0.1, -0.05) is 12.1 Å². The van der Waals surface area contributed by atoms with Gasteiger partial charge in [0.1, 0.15) is 5.75 Å². The maximum atomic E-state index is 11.6. The van der Waals surface area contributed by atoms with Crippen LogP contribution in [0.3, 0.4) is 0 Å². The molecule has 0 aromatic heterocycles. The molecule has 1 heterocycles. The summed E-state index contributed by atoms with van der Waals surface area (Å²) in [5.41, 5.74) is 0.810. The first-order chi connectivity index (χ1) is 8.15. The molecule has 0 atom stereocenters. The van der Waals surface area contributed by atoms with Gasteiger partial charge in [-0.25, -0.2) is 4.90 Å². The number of hydrogen-bond acceptors (Lipinski definition) is 4. The van der Waals surface area contributed by atoms with E-state index in [1.54, 1.807) is 12.1 Å². The number of aliphatic hydroxyl groups excluding tert-OH is 1. The summed E-state index contributed by atoms with van der Waals surface area (Å²) in [6.07, 6.45) is 0.637. The van der Waals surface area contributed by atoms with Crippen molar-refractivity contribution < 1.29 is 19.8 Å². The number of hydrogen-bond donors (Lipinski definition) is 2. The Balaban J connectivity index is 2.49. The summed E-state index contributed by atoms with van der Waals surface area (Å²) in [6.45, 7) is -0.104. The van der Waals surface area contributed by atoms with Gasteiger partial charge in [0.2, 0.25) is 11.8 Å². The van der Waals surface area contributed by atoms with E-state index < -0.39 is 0 Å². The van der Waals surface area contributed by atoms with Gasteiger partial charge in [-0.05, 0) is 18.1 Å². The molecule has 0 aliphatic carbocycles. The SMILES string of the molecule is O=C1CCC(=O)N1c1c(O)cccc1CCO. The molecule has 5 nitrogen and oxygen atoms in total. The van der Waals surface area contributed by atoms with Crippen LogP contribution in [0, 0.1) is 0 Å². The summed E-state index contributed by atoms with van der Waals surface area (Å²) in [5.74, 6) is -0.731. The van der Waals surface area contributed by atoms with Crippen molar-refractivity contribution in [3.63, 3.8) is 0 Å². The van der Waals surface area contributed by atoms with Crippen molar-refractivity contribution in [2.75, 3.05) is 11.5 Å². The number of anilines is 1. The van der Waals surface area contributed by atoms with Gasteiger partial charge in [0, 0.05) is 19.4 Å². The zero-order valence-corrected chi connectivity index (χ0v) is 9.22. The predicted octanol–water partition coefficient (Wildman–Crippen LogP) is 0.580. The Labute approximate surface area is 98.3 Å². The number of carbonyl (C=O) groups is 2. The molecule has 0 saturated carbocycles.